The van der Waals surface area contributed by atoms with Crippen molar-refractivity contribution in [2.24, 2.45) is 0 Å². The molecule has 2 N–H and O–H groups in total. The smallest absolute Gasteiger partial charge is 0.242 e. The van der Waals surface area contributed by atoms with Crippen LogP contribution < -0.4 is 20.1 Å². The zero-order chi connectivity index (χ0) is 19.9. The number of hydrogen-bond acceptors (Lipinski definition) is 5. The van der Waals surface area contributed by atoms with E-state index in [0.29, 0.717) is 35.5 Å². The van der Waals surface area contributed by atoms with E-state index in [1.54, 1.807) is 19.2 Å². The molecule has 0 atom stereocenters. The van der Waals surface area contributed by atoms with E-state index in [4.69, 9.17) is 21.7 Å². The molecule has 2 rings (SSSR count). The first-order valence-electron chi connectivity index (χ1n) is 8.18. The number of methoxy groups -OCH3 is 1. The third kappa shape index (κ3) is 5.81. The van der Waals surface area contributed by atoms with E-state index in [1.807, 2.05) is 24.3 Å². The van der Waals surface area contributed by atoms with Gasteiger partial charge in [0.2, 0.25) is 10.0 Å². The van der Waals surface area contributed by atoms with Gasteiger partial charge in [-0.05, 0) is 42.5 Å². The number of anilines is 1. The summed E-state index contributed by atoms with van der Waals surface area (Å²) in [6.45, 7) is 0.858. The van der Waals surface area contributed by atoms with E-state index in [2.05, 4.69) is 10.6 Å². The summed E-state index contributed by atoms with van der Waals surface area (Å²) in [5.41, 5.74) is 0.584. The highest BCUT2D eigenvalue weighted by atomic mass is 32.2. The van der Waals surface area contributed by atoms with Crippen LogP contribution >= 0.6 is 12.2 Å². The minimum Gasteiger partial charge on any atom is -0.493 e. The summed E-state index contributed by atoms with van der Waals surface area (Å²) < 4.78 is 36.4. The fourth-order valence-corrected chi connectivity index (χ4v) is 3.35. The number of thiocarbonyl (C=S) groups is 1. The Bertz CT molecular complexity index is 886. The fourth-order valence-electron chi connectivity index (χ4n) is 2.18. The van der Waals surface area contributed by atoms with Gasteiger partial charge in [0.25, 0.3) is 0 Å². The zero-order valence-corrected chi connectivity index (χ0v) is 17.1. The van der Waals surface area contributed by atoms with E-state index in [9.17, 15) is 8.42 Å². The fraction of sp³-hybridized carbons (Fsp3) is 0.278. The lowest BCUT2D eigenvalue weighted by atomic mass is 10.3. The van der Waals surface area contributed by atoms with Crippen molar-refractivity contribution in [1.82, 2.24) is 9.62 Å². The lowest BCUT2D eigenvalue weighted by Gasteiger charge is -2.14. The standard InChI is InChI=1S/C18H23N3O4S2/c1-21(2)27(22,23)15-8-6-7-14(13-15)20-18(26)19-11-12-25-17-10-5-4-9-16(17)24-3/h4-10,13H,11-12H2,1-3H3,(H2,19,20,26). The van der Waals surface area contributed by atoms with Crippen molar-refractivity contribution < 1.29 is 17.9 Å². The number of nitrogens with zero attached hydrogens (tertiary/aromatic N) is 1. The minimum atomic E-state index is -3.50. The number of nitrogens with one attached hydrogen (secondary N) is 2. The van der Waals surface area contributed by atoms with Crippen molar-refractivity contribution in [3.8, 4) is 11.5 Å². The first kappa shape index (κ1) is 20.9. The van der Waals surface area contributed by atoms with Gasteiger partial charge in [-0.1, -0.05) is 18.2 Å². The highest BCUT2D eigenvalue weighted by molar-refractivity contribution is 7.89. The van der Waals surface area contributed by atoms with Crippen LogP contribution in [-0.4, -0.2) is 52.2 Å². The summed E-state index contributed by atoms with van der Waals surface area (Å²) in [4.78, 5) is 0.194. The Morgan fingerprint density at radius 1 is 1.11 bits per heavy atom. The van der Waals surface area contributed by atoms with Crippen molar-refractivity contribution in [3.05, 3.63) is 48.5 Å². The van der Waals surface area contributed by atoms with E-state index in [1.165, 1.54) is 26.2 Å². The third-order valence-corrected chi connectivity index (χ3v) is 5.64. The van der Waals surface area contributed by atoms with Crippen LogP contribution in [0.2, 0.25) is 0 Å². The van der Waals surface area contributed by atoms with Crippen LogP contribution in [0.5, 0.6) is 11.5 Å². The molecule has 0 radical (unpaired) electrons. The van der Waals surface area contributed by atoms with Crippen molar-refractivity contribution in [2.75, 3.05) is 39.7 Å². The Morgan fingerprint density at radius 2 is 1.81 bits per heavy atom. The molecule has 0 aliphatic rings. The lowest BCUT2D eigenvalue weighted by Crippen LogP contribution is -2.32. The van der Waals surface area contributed by atoms with Gasteiger partial charge in [0.15, 0.2) is 16.6 Å². The van der Waals surface area contributed by atoms with Gasteiger partial charge in [0.05, 0.1) is 18.6 Å². The maximum Gasteiger partial charge on any atom is 0.242 e. The topological polar surface area (TPSA) is 79.9 Å². The first-order valence-corrected chi connectivity index (χ1v) is 10.0. The van der Waals surface area contributed by atoms with Gasteiger partial charge in [0.1, 0.15) is 6.61 Å². The van der Waals surface area contributed by atoms with Gasteiger partial charge < -0.3 is 20.1 Å². The molecule has 146 valence electrons. The summed E-state index contributed by atoms with van der Waals surface area (Å²) in [6.07, 6.45) is 0. The number of para-hydroxylation sites is 2. The summed E-state index contributed by atoms with van der Waals surface area (Å²) >= 11 is 5.24. The molecule has 7 nitrogen and oxygen atoms in total. The largest absolute Gasteiger partial charge is 0.493 e. The first-order chi connectivity index (χ1) is 12.8. The number of sulfonamides is 1. The van der Waals surface area contributed by atoms with Crippen molar-refractivity contribution in [1.29, 1.82) is 0 Å². The van der Waals surface area contributed by atoms with Crippen LogP contribution in [-0.2, 0) is 10.0 Å². The van der Waals surface area contributed by atoms with Gasteiger partial charge in [-0.25, -0.2) is 12.7 Å². The predicted molar refractivity (Wildman–Crippen MR) is 110 cm³/mol. The zero-order valence-electron chi connectivity index (χ0n) is 15.4. The highest BCUT2D eigenvalue weighted by Crippen LogP contribution is 2.25. The second kappa shape index (κ2) is 9.54. The van der Waals surface area contributed by atoms with Crippen LogP contribution in [0.3, 0.4) is 0 Å². The number of ether oxygens (including phenoxy) is 2. The Labute approximate surface area is 165 Å². The molecule has 9 heteroatoms. The second-order valence-electron chi connectivity index (χ2n) is 5.70. The van der Waals surface area contributed by atoms with Gasteiger partial charge in [-0.2, -0.15) is 0 Å². The van der Waals surface area contributed by atoms with E-state index >= 15 is 0 Å². The Morgan fingerprint density at radius 3 is 2.48 bits per heavy atom. The van der Waals surface area contributed by atoms with Gasteiger partial charge in [-0.15, -0.1) is 0 Å². The molecule has 0 heterocycles. The van der Waals surface area contributed by atoms with Gasteiger partial charge >= 0.3 is 0 Å². The Hall–Kier alpha value is -2.36. The number of hydrogen-bond donors (Lipinski definition) is 2. The van der Waals surface area contributed by atoms with Crippen LogP contribution in [0.4, 0.5) is 5.69 Å². The molecule has 0 aliphatic heterocycles. The van der Waals surface area contributed by atoms with E-state index in [-0.39, 0.29) is 4.90 Å². The quantitative estimate of drug-likeness (QED) is 0.512. The molecule has 27 heavy (non-hydrogen) atoms. The molecule has 2 aromatic carbocycles. The molecule has 0 aliphatic carbocycles. The molecular formula is C18H23N3O4S2. The second-order valence-corrected chi connectivity index (χ2v) is 8.26. The van der Waals surface area contributed by atoms with Gasteiger partial charge in [0, 0.05) is 19.8 Å². The van der Waals surface area contributed by atoms with Crippen LogP contribution in [0.15, 0.2) is 53.4 Å². The summed E-state index contributed by atoms with van der Waals surface area (Å²) in [5.74, 6) is 1.32. The monoisotopic (exact) mass is 409 g/mol. The SMILES string of the molecule is COc1ccccc1OCCNC(=S)Nc1cccc(S(=O)(=O)N(C)C)c1. The predicted octanol–water partition coefficient (Wildman–Crippen LogP) is 2.31. The number of benzene rings is 2. The molecule has 0 bridgehead atoms. The molecule has 0 saturated heterocycles. The maximum absolute atomic E-state index is 12.2. The van der Waals surface area contributed by atoms with Crippen LogP contribution in [0.25, 0.3) is 0 Å². The van der Waals surface area contributed by atoms with Crippen LogP contribution in [0.1, 0.15) is 0 Å². The molecule has 0 amide bonds. The Balaban J connectivity index is 1.86. The average Bonchev–Trinajstić information content (AvgIpc) is 2.65. The van der Waals surface area contributed by atoms with Crippen molar-refractivity contribution in [2.45, 2.75) is 4.90 Å². The molecule has 0 unspecified atom stereocenters. The molecule has 2 aromatic rings. The molecular weight excluding hydrogens is 386 g/mol. The number of rotatable bonds is 8. The van der Waals surface area contributed by atoms with Crippen molar-refractivity contribution >= 4 is 33.0 Å². The van der Waals surface area contributed by atoms with Gasteiger partial charge in [-0.3, -0.25) is 0 Å². The van der Waals surface area contributed by atoms with E-state index in [0.717, 1.165) is 4.31 Å². The summed E-state index contributed by atoms with van der Waals surface area (Å²) in [5, 5.41) is 6.36. The Kier molecular flexibility index (Phi) is 7.40. The minimum absolute atomic E-state index is 0.194. The van der Waals surface area contributed by atoms with Crippen molar-refractivity contribution in [3.63, 3.8) is 0 Å². The molecule has 0 fully saturated rings. The molecule has 0 aromatic heterocycles. The third-order valence-electron chi connectivity index (χ3n) is 3.58. The van der Waals surface area contributed by atoms with Crippen LogP contribution in [0, 0.1) is 0 Å². The van der Waals surface area contributed by atoms with E-state index < -0.39 is 10.0 Å². The summed E-state index contributed by atoms with van der Waals surface area (Å²) in [6, 6.07) is 13.9. The normalized spacial score (nSPS) is 11.1. The molecule has 0 spiro atoms. The average molecular weight is 410 g/mol. The molecule has 0 saturated carbocycles. The summed E-state index contributed by atoms with van der Waals surface area (Å²) in [7, 11) is 1.07. The maximum atomic E-state index is 12.2. The highest BCUT2D eigenvalue weighted by Gasteiger charge is 2.17. The lowest BCUT2D eigenvalue weighted by molar-refractivity contribution is 0.298.